The molecule has 0 fully saturated rings. The minimum atomic E-state index is -0.119. The van der Waals surface area contributed by atoms with Crippen molar-refractivity contribution in [3.8, 4) is 0 Å². The van der Waals surface area contributed by atoms with E-state index < -0.39 is 0 Å². The van der Waals surface area contributed by atoms with E-state index in [4.69, 9.17) is 4.74 Å². The van der Waals surface area contributed by atoms with E-state index >= 15 is 0 Å². The fraction of sp³-hybridized carbons (Fsp3) is 0.889. The lowest BCUT2D eigenvalue weighted by molar-refractivity contribution is -0.120. The summed E-state index contributed by atoms with van der Waals surface area (Å²) < 4.78 is 4.94. The maximum atomic E-state index is 11.1. The first-order valence-electron chi connectivity index (χ1n) is 4.67. The van der Waals surface area contributed by atoms with Crippen LogP contribution in [0.5, 0.6) is 0 Å². The van der Waals surface area contributed by atoms with Gasteiger partial charge in [0.25, 0.3) is 0 Å². The van der Waals surface area contributed by atoms with Crippen LogP contribution in [0.2, 0.25) is 0 Å². The summed E-state index contributed by atoms with van der Waals surface area (Å²) in [5.74, 6) is 0.0325. The Bertz CT molecular complexity index is 165. The van der Waals surface area contributed by atoms with Gasteiger partial charge in [0, 0.05) is 26.7 Å². The molecule has 0 saturated carbocycles. The Labute approximate surface area is 94.1 Å². The Kier molecular flexibility index (Phi) is 8.12. The largest absolute Gasteiger partial charge is 0.383 e. The fourth-order valence-electron chi connectivity index (χ4n) is 0.870. The number of carbonyl (C=O) groups is 1. The summed E-state index contributed by atoms with van der Waals surface area (Å²) in [7, 11) is 3.69. The molecule has 0 radical (unpaired) electrons. The average molecular weight is 267 g/mol. The number of hydrogen-bond acceptors (Lipinski definition) is 3. The SMILES string of the molecule is COCCN(C)CCNC(=O)C(C)Br. The lowest BCUT2D eigenvalue weighted by Crippen LogP contribution is -2.36. The monoisotopic (exact) mass is 266 g/mol. The van der Waals surface area contributed by atoms with Gasteiger partial charge in [0.2, 0.25) is 5.91 Å². The summed E-state index contributed by atoms with van der Waals surface area (Å²) in [6.45, 7) is 4.93. The van der Waals surface area contributed by atoms with Gasteiger partial charge in [-0.1, -0.05) is 15.9 Å². The van der Waals surface area contributed by atoms with Crippen LogP contribution in [-0.2, 0) is 9.53 Å². The van der Waals surface area contributed by atoms with Gasteiger partial charge < -0.3 is 15.0 Å². The number of alkyl halides is 1. The minimum Gasteiger partial charge on any atom is -0.383 e. The Hall–Kier alpha value is -0.130. The summed E-state index contributed by atoms with van der Waals surface area (Å²) >= 11 is 3.20. The van der Waals surface area contributed by atoms with Gasteiger partial charge in [-0.25, -0.2) is 0 Å². The van der Waals surface area contributed by atoms with Gasteiger partial charge in [-0.05, 0) is 14.0 Å². The van der Waals surface area contributed by atoms with E-state index in [2.05, 4.69) is 26.1 Å². The topological polar surface area (TPSA) is 41.6 Å². The molecule has 0 rings (SSSR count). The molecule has 4 nitrogen and oxygen atoms in total. The zero-order chi connectivity index (χ0) is 11.0. The minimum absolute atomic E-state index is 0.0325. The van der Waals surface area contributed by atoms with E-state index in [0.29, 0.717) is 6.54 Å². The maximum absolute atomic E-state index is 11.1. The fourth-order valence-corrected chi connectivity index (χ4v) is 1.03. The van der Waals surface area contributed by atoms with Crippen LogP contribution in [0.25, 0.3) is 0 Å². The second-order valence-corrected chi connectivity index (χ2v) is 4.58. The Balaban J connectivity index is 3.39. The normalized spacial score (nSPS) is 12.9. The number of nitrogens with one attached hydrogen (secondary N) is 1. The molecule has 0 spiro atoms. The van der Waals surface area contributed by atoms with Crippen LogP contribution < -0.4 is 5.32 Å². The molecule has 0 aromatic heterocycles. The van der Waals surface area contributed by atoms with Crippen LogP contribution in [0.15, 0.2) is 0 Å². The smallest absolute Gasteiger partial charge is 0.233 e. The molecule has 1 N–H and O–H groups in total. The zero-order valence-corrected chi connectivity index (χ0v) is 10.6. The summed E-state index contributed by atoms with van der Waals surface area (Å²) in [5, 5.41) is 2.82. The number of amides is 1. The molecule has 1 unspecified atom stereocenters. The number of rotatable bonds is 7. The van der Waals surface area contributed by atoms with Gasteiger partial charge >= 0.3 is 0 Å². The highest BCUT2D eigenvalue weighted by molar-refractivity contribution is 9.10. The molecule has 0 saturated heterocycles. The predicted molar refractivity (Wildman–Crippen MR) is 60.8 cm³/mol. The molecule has 0 bridgehead atoms. The van der Waals surface area contributed by atoms with E-state index in [-0.39, 0.29) is 10.7 Å². The van der Waals surface area contributed by atoms with Crippen molar-refractivity contribution in [3.63, 3.8) is 0 Å². The summed E-state index contributed by atoms with van der Waals surface area (Å²) in [4.78, 5) is 13.1. The first-order valence-corrected chi connectivity index (χ1v) is 5.58. The molecule has 1 atom stereocenters. The average Bonchev–Trinajstić information content (AvgIpc) is 2.14. The van der Waals surface area contributed by atoms with Gasteiger partial charge in [0.1, 0.15) is 0 Å². The third-order valence-corrected chi connectivity index (χ3v) is 2.25. The van der Waals surface area contributed by atoms with Gasteiger partial charge in [-0.3, -0.25) is 4.79 Å². The second-order valence-electron chi connectivity index (χ2n) is 3.20. The molecule has 0 aromatic carbocycles. The standard InChI is InChI=1S/C9H19BrN2O2/c1-8(10)9(13)11-4-5-12(2)6-7-14-3/h8H,4-7H2,1-3H3,(H,11,13). The number of methoxy groups -OCH3 is 1. The Morgan fingerprint density at radius 1 is 1.57 bits per heavy atom. The molecule has 0 aromatic rings. The van der Waals surface area contributed by atoms with Crippen LogP contribution in [0.3, 0.4) is 0 Å². The Morgan fingerprint density at radius 2 is 2.21 bits per heavy atom. The molecular formula is C9H19BrN2O2. The van der Waals surface area contributed by atoms with Crippen molar-refractivity contribution in [2.45, 2.75) is 11.8 Å². The molecule has 0 aliphatic heterocycles. The Morgan fingerprint density at radius 3 is 2.71 bits per heavy atom. The molecule has 0 aliphatic rings. The first kappa shape index (κ1) is 13.9. The molecule has 1 amide bonds. The molecule has 0 aliphatic carbocycles. The molecule has 14 heavy (non-hydrogen) atoms. The van der Waals surface area contributed by atoms with Crippen LogP contribution in [0.1, 0.15) is 6.92 Å². The van der Waals surface area contributed by atoms with Crippen molar-refractivity contribution >= 4 is 21.8 Å². The van der Waals surface area contributed by atoms with Gasteiger partial charge in [-0.15, -0.1) is 0 Å². The highest BCUT2D eigenvalue weighted by atomic mass is 79.9. The van der Waals surface area contributed by atoms with Crippen molar-refractivity contribution in [1.29, 1.82) is 0 Å². The molecule has 5 heteroatoms. The van der Waals surface area contributed by atoms with Crippen molar-refractivity contribution in [2.24, 2.45) is 0 Å². The maximum Gasteiger partial charge on any atom is 0.233 e. The number of carbonyl (C=O) groups excluding carboxylic acids is 1. The number of hydrogen-bond donors (Lipinski definition) is 1. The van der Waals surface area contributed by atoms with Crippen molar-refractivity contribution in [2.75, 3.05) is 40.4 Å². The lowest BCUT2D eigenvalue weighted by atomic mass is 10.4. The van der Waals surface area contributed by atoms with E-state index in [1.165, 1.54) is 0 Å². The molecule has 84 valence electrons. The van der Waals surface area contributed by atoms with Gasteiger partial charge in [-0.2, -0.15) is 0 Å². The highest BCUT2D eigenvalue weighted by Crippen LogP contribution is 1.95. The lowest BCUT2D eigenvalue weighted by Gasteiger charge is -2.16. The van der Waals surface area contributed by atoms with E-state index in [0.717, 1.165) is 19.7 Å². The first-order chi connectivity index (χ1) is 6.57. The van der Waals surface area contributed by atoms with Gasteiger partial charge in [0.15, 0.2) is 0 Å². The van der Waals surface area contributed by atoms with Crippen molar-refractivity contribution in [1.82, 2.24) is 10.2 Å². The molecule has 0 heterocycles. The predicted octanol–water partition coefficient (Wildman–Crippen LogP) is 0.464. The second kappa shape index (κ2) is 8.20. The van der Waals surface area contributed by atoms with E-state index in [1.807, 2.05) is 14.0 Å². The molecular weight excluding hydrogens is 248 g/mol. The van der Waals surface area contributed by atoms with Crippen molar-refractivity contribution in [3.05, 3.63) is 0 Å². The quantitative estimate of drug-likeness (QED) is 0.681. The van der Waals surface area contributed by atoms with Crippen LogP contribution >= 0.6 is 15.9 Å². The zero-order valence-electron chi connectivity index (χ0n) is 9.05. The van der Waals surface area contributed by atoms with Crippen LogP contribution in [0, 0.1) is 0 Å². The third-order valence-electron chi connectivity index (χ3n) is 1.83. The number of halogens is 1. The van der Waals surface area contributed by atoms with E-state index in [1.54, 1.807) is 7.11 Å². The summed E-state index contributed by atoms with van der Waals surface area (Å²) in [6, 6.07) is 0. The van der Waals surface area contributed by atoms with Crippen LogP contribution in [0.4, 0.5) is 0 Å². The highest BCUT2D eigenvalue weighted by Gasteiger charge is 2.07. The number of likely N-dealkylation sites (N-methyl/N-ethyl adjacent to an activating group) is 1. The number of nitrogens with zero attached hydrogens (tertiary/aromatic N) is 1. The van der Waals surface area contributed by atoms with Crippen LogP contribution in [-0.4, -0.2) is 56.0 Å². The summed E-state index contributed by atoms with van der Waals surface area (Å²) in [6.07, 6.45) is 0. The van der Waals surface area contributed by atoms with E-state index in [9.17, 15) is 4.79 Å². The third kappa shape index (κ3) is 7.29. The number of ether oxygens (including phenoxy) is 1. The van der Waals surface area contributed by atoms with Crippen molar-refractivity contribution < 1.29 is 9.53 Å². The summed E-state index contributed by atoms with van der Waals surface area (Å²) in [5.41, 5.74) is 0. The van der Waals surface area contributed by atoms with Gasteiger partial charge in [0.05, 0.1) is 11.4 Å².